The van der Waals surface area contributed by atoms with Gasteiger partial charge in [-0.05, 0) is 30.0 Å². The van der Waals surface area contributed by atoms with E-state index in [2.05, 4.69) is 24.0 Å². The van der Waals surface area contributed by atoms with E-state index in [1.165, 1.54) is 5.39 Å². The molecule has 3 rings (SSSR count). The minimum absolute atomic E-state index is 0.444. The predicted octanol–water partition coefficient (Wildman–Crippen LogP) is 4.99. The predicted molar refractivity (Wildman–Crippen MR) is 92.9 cm³/mol. The Morgan fingerprint density at radius 3 is 2.61 bits per heavy atom. The van der Waals surface area contributed by atoms with E-state index in [-0.39, 0.29) is 0 Å². The van der Waals surface area contributed by atoms with Crippen LogP contribution in [-0.4, -0.2) is 11.6 Å². The van der Waals surface area contributed by atoms with Crippen molar-refractivity contribution in [2.75, 3.05) is 6.61 Å². The van der Waals surface area contributed by atoms with Gasteiger partial charge >= 0.3 is 0 Å². The summed E-state index contributed by atoms with van der Waals surface area (Å²) in [6.45, 7) is 3.34. The molecule has 0 aliphatic heterocycles. The zero-order chi connectivity index (χ0) is 15.9. The molecular formula is C20H21NO2. The number of hydrogen-bond acceptors (Lipinski definition) is 3. The zero-order valence-electron chi connectivity index (χ0n) is 13.4. The molecule has 3 nitrogen and oxygen atoms in total. The molecule has 0 aliphatic rings. The maximum atomic E-state index is 5.90. The van der Waals surface area contributed by atoms with Gasteiger partial charge in [0.15, 0.2) is 0 Å². The summed E-state index contributed by atoms with van der Waals surface area (Å²) in [7, 11) is 0. The number of hydrogen-bond donors (Lipinski definition) is 0. The fraction of sp³-hybridized carbons (Fsp3) is 0.250. The van der Waals surface area contributed by atoms with Crippen LogP contribution in [0.3, 0.4) is 0 Å². The van der Waals surface area contributed by atoms with Gasteiger partial charge in [-0.3, -0.25) is 4.98 Å². The van der Waals surface area contributed by atoms with Crippen molar-refractivity contribution >= 4 is 10.8 Å². The summed E-state index contributed by atoms with van der Waals surface area (Å²) in [4.78, 5) is 4.45. The van der Waals surface area contributed by atoms with E-state index in [0.717, 1.165) is 42.0 Å². The van der Waals surface area contributed by atoms with Crippen molar-refractivity contribution < 1.29 is 9.47 Å². The molecule has 0 fully saturated rings. The largest absolute Gasteiger partial charge is 0.493 e. The van der Waals surface area contributed by atoms with E-state index in [9.17, 15) is 0 Å². The van der Waals surface area contributed by atoms with Gasteiger partial charge in [0.2, 0.25) is 0 Å². The standard InChI is InChI=1S/C20H21NO2/c1-2-3-13-22-17-8-6-9-18(14-17)23-15-20-19-10-5-4-7-16(19)11-12-21-20/h4-12,14H,2-3,13,15H2,1H3. The van der Waals surface area contributed by atoms with E-state index < -0.39 is 0 Å². The Balaban J connectivity index is 1.69. The average Bonchev–Trinajstić information content (AvgIpc) is 2.60. The van der Waals surface area contributed by atoms with Crippen LogP contribution < -0.4 is 9.47 Å². The number of unbranched alkanes of at least 4 members (excludes halogenated alkanes) is 1. The minimum Gasteiger partial charge on any atom is -0.493 e. The Labute approximate surface area is 136 Å². The molecule has 0 bridgehead atoms. The first-order valence-corrected chi connectivity index (χ1v) is 8.05. The fourth-order valence-electron chi connectivity index (χ4n) is 2.44. The first kappa shape index (κ1) is 15.3. The van der Waals surface area contributed by atoms with E-state index in [1.807, 2.05) is 48.7 Å². The first-order valence-electron chi connectivity index (χ1n) is 8.05. The van der Waals surface area contributed by atoms with Crippen LogP contribution in [0.15, 0.2) is 60.8 Å². The molecule has 0 aliphatic carbocycles. The number of aromatic nitrogens is 1. The zero-order valence-corrected chi connectivity index (χ0v) is 13.4. The van der Waals surface area contributed by atoms with Gasteiger partial charge in [-0.15, -0.1) is 0 Å². The molecule has 1 heterocycles. The third kappa shape index (κ3) is 4.01. The number of benzene rings is 2. The summed E-state index contributed by atoms with van der Waals surface area (Å²) in [5.41, 5.74) is 0.945. The summed E-state index contributed by atoms with van der Waals surface area (Å²) in [5.74, 6) is 1.65. The van der Waals surface area contributed by atoms with Crippen molar-refractivity contribution in [3.8, 4) is 11.5 Å². The number of pyridine rings is 1. The van der Waals surface area contributed by atoms with Crippen LogP contribution in [0, 0.1) is 0 Å². The molecule has 2 aromatic carbocycles. The monoisotopic (exact) mass is 307 g/mol. The average molecular weight is 307 g/mol. The Morgan fingerprint density at radius 2 is 1.74 bits per heavy atom. The maximum Gasteiger partial charge on any atom is 0.131 e. The lowest BCUT2D eigenvalue weighted by Gasteiger charge is -2.10. The van der Waals surface area contributed by atoms with Crippen LogP contribution in [0.2, 0.25) is 0 Å². The highest BCUT2D eigenvalue weighted by Crippen LogP contribution is 2.22. The lowest BCUT2D eigenvalue weighted by Crippen LogP contribution is -2.00. The molecule has 23 heavy (non-hydrogen) atoms. The highest BCUT2D eigenvalue weighted by atomic mass is 16.5. The van der Waals surface area contributed by atoms with Crippen molar-refractivity contribution in [1.29, 1.82) is 0 Å². The third-order valence-electron chi connectivity index (χ3n) is 3.70. The minimum atomic E-state index is 0.444. The molecule has 0 amide bonds. The molecule has 0 radical (unpaired) electrons. The van der Waals surface area contributed by atoms with E-state index in [1.54, 1.807) is 0 Å². The molecule has 1 aromatic heterocycles. The van der Waals surface area contributed by atoms with Gasteiger partial charge in [-0.25, -0.2) is 0 Å². The summed E-state index contributed by atoms with van der Waals surface area (Å²) < 4.78 is 11.6. The highest BCUT2D eigenvalue weighted by Gasteiger charge is 2.04. The molecule has 0 atom stereocenters. The Kier molecular flexibility index (Phi) is 5.09. The van der Waals surface area contributed by atoms with Gasteiger partial charge in [-0.2, -0.15) is 0 Å². The molecule has 0 saturated carbocycles. The van der Waals surface area contributed by atoms with Crippen molar-refractivity contribution in [1.82, 2.24) is 4.98 Å². The van der Waals surface area contributed by atoms with E-state index in [0.29, 0.717) is 6.61 Å². The molecule has 0 N–H and O–H groups in total. The van der Waals surface area contributed by atoms with Crippen LogP contribution in [0.5, 0.6) is 11.5 Å². The lowest BCUT2D eigenvalue weighted by molar-refractivity contribution is 0.290. The van der Waals surface area contributed by atoms with E-state index in [4.69, 9.17) is 9.47 Å². The molecule has 0 spiro atoms. The summed E-state index contributed by atoms with van der Waals surface area (Å²) in [6.07, 6.45) is 4.01. The smallest absolute Gasteiger partial charge is 0.131 e. The van der Waals surface area contributed by atoms with Crippen LogP contribution >= 0.6 is 0 Å². The second-order valence-corrected chi connectivity index (χ2v) is 5.44. The lowest BCUT2D eigenvalue weighted by atomic mass is 10.1. The topological polar surface area (TPSA) is 31.4 Å². The normalized spacial score (nSPS) is 10.7. The van der Waals surface area contributed by atoms with E-state index >= 15 is 0 Å². The van der Waals surface area contributed by atoms with Crippen LogP contribution in [0.4, 0.5) is 0 Å². The van der Waals surface area contributed by atoms with Gasteiger partial charge in [0.1, 0.15) is 18.1 Å². The summed E-state index contributed by atoms with van der Waals surface area (Å²) >= 11 is 0. The number of rotatable bonds is 7. The Bertz CT molecular complexity index is 765. The Morgan fingerprint density at radius 1 is 0.913 bits per heavy atom. The van der Waals surface area contributed by atoms with Crippen molar-refractivity contribution in [2.45, 2.75) is 26.4 Å². The van der Waals surface area contributed by atoms with Crippen molar-refractivity contribution in [3.63, 3.8) is 0 Å². The Hall–Kier alpha value is -2.55. The van der Waals surface area contributed by atoms with Crippen molar-refractivity contribution in [3.05, 3.63) is 66.5 Å². The first-order chi connectivity index (χ1) is 11.4. The highest BCUT2D eigenvalue weighted by molar-refractivity contribution is 5.84. The SMILES string of the molecule is CCCCOc1cccc(OCc2nccc3ccccc23)c1. The van der Waals surface area contributed by atoms with Crippen LogP contribution in [0.25, 0.3) is 10.8 Å². The van der Waals surface area contributed by atoms with Gasteiger partial charge in [0, 0.05) is 17.6 Å². The van der Waals surface area contributed by atoms with Crippen LogP contribution in [0.1, 0.15) is 25.5 Å². The number of ether oxygens (including phenoxy) is 2. The quantitative estimate of drug-likeness (QED) is 0.576. The molecule has 3 heteroatoms. The van der Waals surface area contributed by atoms with Crippen LogP contribution in [-0.2, 0) is 6.61 Å². The molecule has 0 unspecified atom stereocenters. The second-order valence-electron chi connectivity index (χ2n) is 5.44. The molecular weight excluding hydrogens is 286 g/mol. The fourth-order valence-corrected chi connectivity index (χ4v) is 2.44. The number of fused-ring (bicyclic) bond motifs is 1. The summed E-state index contributed by atoms with van der Waals surface area (Å²) in [6, 6.07) is 18.0. The molecule has 118 valence electrons. The van der Waals surface area contributed by atoms with Gasteiger partial charge in [0.25, 0.3) is 0 Å². The number of nitrogens with zero attached hydrogens (tertiary/aromatic N) is 1. The van der Waals surface area contributed by atoms with Gasteiger partial charge < -0.3 is 9.47 Å². The van der Waals surface area contributed by atoms with Crippen molar-refractivity contribution in [2.24, 2.45) is 0 Å². The van der Waals surface area contributed by atoms with Gasteiger partial charge in [0.05, 0.1) is 12.3 Å². The molecule has 0 saturated heterocycles. The second kappa shape index (κ2) is 7.63. The third-order valence-corrected chi connectivity index (χ3v) is 3.70. The van der Waals surface area contributed by atoms with Gasteiger partial charge in [-0.1, -0.05) is 43.7 Å². The maximum absolute atomic E-state index is 5.90. The summed E-state index contributed by atoms with van der Waals surface area (Å²) in [5, 5.41) is 2.31. The molecule has 3 aromatic rings.